The molecular weight excluding hydrogens is 232 g/mol. The molecule has 2 N–H and O–H groups in total. The third-order valence-electron chi connectivity index (χ3n) is 1.51. The van der Waals surface area contributed by atoms with Gasteiger partial charge < -0.3 is 5.73 Å². The van der Waals surface area contributed by atoms with Crippen molar-refractivity contribution in [2.24, 2.45) is 0 Å². The highest BCUT2D eigenvalue weighted by Crippen LogP contribution is 2.16. The van der Waals surface area contributed by atoms with Crippen LogP contribution in [0.2, 0.25) is 0 Å². The Morgan fingerprint density at radius 2 is 2.46 bits per heavy atom. The molecule has 5 heteroatoms. The molecule has 66 valence electrons. The van der Waals surface area contributed by atoms with Gasteiger partial charge in [-0.05, 0) is 22.0 Å². The molecular formula is C8H7BrN4. The lowest BCUT2D eigenvalue weighted by Gasteiger charge is -2.02. The van der Waals surface area contributed by atoms with Gasteiger partial charge in [0.05, 0.1) is 25.3 Å². The zero-order valence-corrected chi connectivity index (χ0v) is 8.12. The van der Waals surface area contributed by atoms with Gasteiger partial charge in [0, 0.05) is 12.4 Å². The van der Waals surface area contributed by atoms with Crippen LogP contribution in [0, 0.1) is 0 Å². The molecule has 0 spiro atoms. The van der Waals surface area contributed by atoms with Crippen molar-refractivity contribution in [1.82, 2.24) is 14.8 Å². The summed E-state index contributed by atoms with van der Waals surface area (Å²) in [5.74, 6) is 0. The maximum atomic E-state index is 7.70. The molecule has 0 atom stereocenters. The number of halogens is 1. The number of aromatic nitrogens is 3. The third kappa shape index (κ3) is 1.55. The molecule has 13 heavy (non-hydrogen) atoms. The number of nitrogens with zero attached hydrogens (tertiary/aromatic N) is 3. The normalized spacial score (nSPS) is 12.4. The van der Waals surface area contributed by atoms with Crippen LogP contribution in [0.15, 0.2) is 35.3 Å². The fraction of sp³-hybridized carbons (Fsp3) is 0. The van der Waals surface area contributed by atoms with Gasteiger partial charge in [0.25, 0.3) is 0 Å². The summed E-state index contributed by atoms with van der Waals surface area (Å²) in [6.07, 6.45) is 3.15. The van der Waals surface area contributed by atoms with Crippen molar-refractivity contribution in [1.29, 1.82) is 0 Å². The van der Waals surface area contributed by atoms with Crippen LogP contribution in [0.4, 0.5) is 5.69 Å². The van der Waals surface area contributed by atoms with Crippen molar-refractivity contribution < 1.29 is 2.74 Å². The van der Waals surface area contributed by atoms with E-state index in [1.165, 1.54) is 10.9 Å². The molecule has 4 nitrogen and oxygen atoms in total. The van der Waals surface area contributed by atoms with Crippen LogP contribution in [0.5, 0.6) is 0 Å². The number of nitrogens with two attached hydrogens (primary N) is 1. The van der Waals surface area contributed by atoms with E-state index in [9.17, 15) is 0 Å². The highest BCUT2D eigenvalue weighted by Gasteiger charge is 2.01. The summed E-state index contributed by atoms with van der Waals surface area (Å²) in [4.78, 5) is 3.90. The number of rotatable bonds is 1. The average Bonchev–Trinajstić information content (AvgIpc) is 2.47. The Balaban J connectivity index is 2.65. The van der Waals surface area contributed by atoms with Gasteiger partial charge in [-0.3, -0.25) is 4.98 Å². The number of hydrogen-bond acceptors (Lipinski definition) is 3. The van der Waals surface area contributed by atoms with Crippen LogP contribution in [0.3, 0.4) is 0 Å². The molecule has 0 saturated heterocycles. The molecule has 0 fully saturated rings. The smallest absolute Gasteiger partial charge is 0.106 e. The molecule has 0 saturated carbocycles. The van der Waals surface area contributed by atoms with Crippen LogP contribution >= 0.6 is 15.9 Å². The average molecular weight is 241 g/mol. The Morgan fingerprint density at radius 3 is 3.08 bits per heavy atom. The van der Waals surface area contributed by atoms with Crippen LogP contribution in [0.1, 0.15) is 2.74 Å². The summed E-state index contributed by atoms with van der Waals surface area (Å²) in [5.41, 5.74) is 6.69. The standard InChI is InChI=1S/C8H7BrN4/c9-6-3-12-13(5-6)8-4-11-2-1-7(8)10/h1-5H,(H2,10,11)/i3D,5D. The van der Waals surface area contributed by atoms with Crippen molar-refractivity contribution in [3.05, 3.63) is 35.3 Å². The molecule has 0 amide bonds. The molecule has 0 aromatic carbocycles. The summed E-state index contributed by atoms with van der Waals surface area (Å²) in [6.45, 7) is 0. The van der Waals surface area contributed by atoms with Crippen LogP contribution in [0.25, 0.3) is 5.69 Å². The van der Waals surface area contributed by atoms with Gasteiger partial charge in [0.1, 0.15) is 5.69 Å². The summed E-state index contributed by atoms with van der Waals surface area (Å²) in [7, 11) is 0. The summed E-state index contributed by atoms with van der Waals surface area (Å²) >= 11 is 3.10. The SMILES string of the molecule is [2H]c1nn(-c2cnccc2N)c([2H])c1Br. The molecule has 0 unspecified atom stereocenters. The van der Waals surface area contributed by atoms with E-state index in [1.807, 2.05) is 0 Å². The molecule has 2 heterocycles. The summed E-state index contributed by atoms with van der Waals surface area (Å²) in [6, 6.07) is 1.62. The lowest BCUT2D eigenvalue weighted by molar-refractivity contribution is 0.876. The van der Waals surface area contributed by atoms with Crippen molar-refractivity contribution in [3.8, 4) is 5.69 Å². The van der Waals surface area contributed by atoms with Gasteiger partial charge >= 0.3 is 0 Å². The second-order valence-electron chi connectivity index (χ2n) is 2.38. The highest BCUT2D eigenvalue weighted by atomic mass is 79.9. The zero-order valence-electron chi connectivity index (χ0n) is 8.53. The third-order valence-corrected chi connectivity index (χ3v) is 1.87. The number of nitrogen functional groups attached to an aromatic ring is 1. The Labute approximate surface area is 86.3 Å². The minimum absolute atomic E-state index is 0.00301. The molecule has 2 rings (SSSR count). The van der Waals surface area contributed by atoms with Crippen LogP contribution in [-0.4, -0.2) is 14.8 Å². The number of hydrogen-bond donors (Lipinski definition) is 1. The Kier molecular flexibility index (Phi) is 1.50. The quantitative estimate of drug-likeness (QED) is 0.825. The minimum Gasteiger partial charge on any atom is -0.397 e. The van der Waals surface area contributed by atoms with Gasteiger partial charge in [-0.1, -0.05) is 0 Å². The van der Waals surface area contributed by atoms with E-state index in [4.69, 9.17) is 8.48 Å². The Bertz CT molecular complexity index is 511. The van der Waals surface area contributed by atoms with E-state index >= 15 is 0 Å². The molecule has 0 bridgehead atoms. The fourth-order valence-electron chi connectivity index (χ4n) is 0.925. The first-order chi connectivity index (χ1) is 7.11. The van der Waals surface area contributed by atoms with Gasteiger partial charge in [0.2, 0.25) is 0 Å². The molecule has 0 aliphatic heterocycles. The lowest BCUT2D eigenvalue weighted by Crippen LogP contribution is -2.00. The first kappa shape index (κ1) is 6.15. The highest BCUT2D eigenvalue weighted by molar-refractivity contribution is 9.10. The maximum absolute atomic E-state index is 7.70. The van der Waals surface area contributed by atoms with E-state index in [0.717, 1.165) is 0 Å². The second kappa shape index (κ2) is 3.18. The molecule has 2 aromatic heterocycles. The number of anilines is 1. The van der Waals surface area contributed by atoms with Gasteiger partial charge in [-0.2, -0.15) is 5.10 Å². The van der Waals surface area contributed by atoms with Crippen molar-refractivity contribution in [2.45, 2.75) is 0 Å². The van der Waals surface area contributed by atoms with Crippen molar-refractivity contribution in [3.63, 3.8) is 0 Å². The zero-order chi connectivity index (χ0) is 11.0. The van der Waals surface area contributed by atoms with E-state index in [2.05, 4.69) is 26.0 Å². The van der Waals surface area contributed by atoms with Crippen molar-refractivity contribution in [2.75, 3.05) is 5.73 Å². The van der Waals surface area contributed by atoms with Gasteiger partial charge in [-0.25, -0.2) is 4.68 Å². The largest absolute Gasteiger partial charge is 0.397 e. The van der Waals surface area contributed by atoms with Crippen molar-refractivity contribution >= 4 is 21.6 Å². The fourth-order valence-corrected chi connectivity index (χ4v) is 1.17. The monoisotopic (exact) mass is 240 g/mol. The second-order valence-corrected chi connectivity index (χ2v) is 3.18. The number of pyridine rings is 1. The molecule has 2 aromatic rings. The first-order valence-electron chi connectivity index (χ1n) is 4.53. The molecule has 0 aliphatic carbocycles. The van der Waals surface area contributed by atoms with E-state index in [0.29, 0.717) is 15.8 Å². The van der Waals surface area contributed by atoms with Crippen LogP contribution < -0.4 is 5.73 Å². The Hall–Kier alpha value is -1.36. The summed E-state index contributed by atoms with van der Waals surface area (Å²) in [5, 5.41) is 3.87. The van der Waals surface area contributed by atoms with Crippen LogP contribution in [-0.2, 0) is 0 Å². The van der Waals surface area contributed by atoms with E-state index in [-0.39, 0.29) is 12.3 Å². The Morgan fingerprint density at radius 1 is 1.62 bits per heavy atom. The van der Waals surface area contributed by atoms with E-state index < -0.39 is 0 Å². The lowest BCUT2D eigenvalue weighted by atomic mass is 10.3. The first-order valence-corrected chi connectivity index (χ1v) is 4.32. The summed E-state index contributed by atoms with van der Waals surface area (Å²) < 4.78 is 16.8. The van der Waals surface area contributed by atoms with Gasteiger partial charge in [-0.15, -0.1) is 0 Å². The van der Waals surface area contributed by atoms with E-state index in [1.54, 1.807) is 12.3 Å². The predicted molar refractivity (Wildman–Crippen MR) is 53.5 cm³/mol. The molecule has 0 radical (unpaired) electrons. The maximum Gasteiger partial charge on any atom is 0.106 e. The van der Waals surface area contributed by atoms with Gasteiger partial charge in [0.15, 0.2) is 0 Å². The molecule has 0 aliphatic rings. The predicted octanol–water partition coefficient (Wildman–Crippen LogP) is 1.61. The minimum atomic E-state index is 0.00301. The topological polar surface area (TPSA) is 56.7 Å².